The molecule has 0 saturated carbocycles. The molecular weight excluding hydrogens is 386 g/mol. The summed E-state index contributed by atoms with van der Waals surface area (Å²) in [7, 11) is 1.63. The fourth-order valence-electron chi connectivity index (χ4n) is 3.96. The van der Waals surface area contributed by atoms with Gasteiger partial charge in [0, 0.05) is 23.9 Å². The second-order valence-electron chi connectivity index (χ2n) is 7.71. The van der Waals surface area contributed by atoms with E-state index in [0.717, 1.165) is 18.4 Å². The highest BCUT2D eigenvalue weighted by Gasteiger charge is 2.38. The van der Waals surface area contributed by atoms with Gasteiger partial charge in [-0.15, -0.1) is 0 Å². The van der Waals surface area contributed by atoms with Crippen molar-refractivity contribution < 1.29 is 14.6 Å². The number of pyridine rings is 1. The zero-order chi connectivity index (χ0) is 21.5. The summed E-state index contributed by atoms with van der Waals surface area (Å²) in [6, 6.07) is 19.7. The molecule has 4 nitrogen and oxygen atoms in total. The van der Waals surface area contributed by atoms with E-state index in [1.165, 1.54) is 5.56 Å². The quantitative estimate of drug-likeness (QED) is 0.549. The molecule has 4 rings (SSSR count). The molecule has 2 unspecified atom stereocenters. The molecule has 31 heavy (non-hydrogen) atoms. The highest BCUT2D eigenvalue weighted by atomic mass is 16.5. The summed E-state index contributed by atoms with van der Waals surface area (Å²) < 4.78 is 11.6. The van der Waals surface area contributed by atoms with Gasteiger partial charge < -0.3 is 14.6 Å². The lowest BCUT2D eigenvalue weighted by Gasteiger charge is -2.35. The number of aliphatic hydroxyl groups is 1. The first kappa shape index (κ1) is 20.9. The molecule has 3 aromatic rings. The maximum atomic E-state index is 11.9. The number of aromatic nitrogens is 1. The van der Waals surface area contributed by atoms with Crippen LogP contribution in [0.15, 0.2) is 97.4 Å². The number of rotatable bonds is 8. The van der Waals surface area contributed by atoms with Crippen molar-refractivity contribution in [2.75, 3.05) is 7.11 Å². The van der Waals surface area contributed by atoms with Gasteiger partial charge in [0.05, 0.1) is 7.11 Å². The summed E-state index contributed by atoms with van der Waals surface area (Å²) in [5, 5.41) is 11.9. The van der Waals surface area contributed by atoms with Crippen molar-refractivity contribution in [3.8, 4) is 11.5 Å². The second kappa shape index (κ2) is 9.63. The average Bonchev–Trinajstić information content (AvgIpc) is 2.83. The molecule has 0 bridgehead atoms. The molecule has 1 aliphatic carbocycles. The first-order valence-electron chi connectivity index (χ1n) is 10.5. The fraction of sp³-hybridized carbons (Fsp3) is 0.222. The van der Waals surface area contributed by atoms with E-state index in [1.807, 2.05) is 78.9 Å². The lowest BCUT2D eigenvalue weighted by atomic mass is 9.75. The van der Waals surface area contributed by atoms with Gasteiger partial charge in [-0.2, -0.15) is 0 Å². The number of benzene rings is 2. The molecule has 1 aromatic heterocycles. The van der Waals surface area contributed by atoms with Crippen molar-refractivity contribution in [3.63, 3.8) is 0 Å². The predicted molar refractivity (Wildman–Crippen MR) is 122 cm³/mol. The molecule has 0 aliphatic heterocycles. The molecule has 4 heteroatoms. The third-order valence-corrected chi connectivity index (χ3v) is 5.72. The summed E-state index contributed by atoms with van der Waals surface area (Å²) >= 11 is 0. The third kappa shape index (κ3) is 4.86. The van der Waals surface area contributed by atoms with E-state index in [9.17, 15) is 5.11 Å². The molecular formula is C27H27NO3. The summed E-state index contributed by atoms with van der Waals surface area (Å²) in [5.74, 6) is 1.24. The standard InChI is InChI=1S/C27H27NO3/c1-30-24-12-13-26(31-20-22-7-3-2-4-8-22)25(19-24)27(29)16-6-5-9-23(27)11-10-21-14-17-28-18-15-21/h2-9,12-19,23,29H,10-11,20H2,1H3. The van der Waals surface area contributed by atoms with Gasteiger partial charge in [0.2, 0.25) is 0 Å². The average molecular weight is 414 g/mol. The molecule has 2 atom stereocenters. The summed E-state index contributed by atoms with van der Waals surface area (Å²) in [6.45, 7) is 0.428. The number of nitrogens with zero attached hydrogens (tertiary/aromatic N) is 1. The minimum absolute atomic E-state index is 0.100. The van der Waals surface area contributed by atoms with Crippen LogP contribution in [0.1, 0.15) is 23.1 Å². The van der Waals surface area contributed by atoms with Crippen molar-refractivity contribution in [2.45, 2.75) is 25.0 Å². The Kier molecular flexibility index (Phi) is 6.48. The zero-order valence-electron chi connectivity index (χ0n) is 17.6. The maximum Gasteiger partial charge on any atom is 0.126 e. The molecule has 158 valence electrons. The minimum Gasteiger partial charge on any atom is -0.497 e. The third-order valence-electron chi connectivity index (χ3n) is 5.72. The molecule has 0 radical (unpaired) electrons. The number of allylic oxidation sites excluding steroid dienone is 2. The molecule has 1 heterocycles. The van der Waals surface area contributed by atoms with Crippen LogP contribution in [0.25, 0.3) is 0 Å². The smallest absolute Gasteiger partial charge is 0.126 e. The van der Waals surface area contributed by atoms with Gasteiger partial charge in [-0.1, -0.05) is 48.6 Å². The normalized spacial score (nSPS) is 19.9. The Morgan fingerprint density at radius 1 is 0.968 bits per heavy atom. The monoisotopic (exact) mass is 413 g/mol. The van der Waals surface area contributed by atoms with E-state index in [1.54, 1.807) is 19.5 Å². The van der Waals surface area contributed by atoms with Crippen LogP contribution < -0.4 is 9.47 Å². The lowest BCUT2D eigenvalue weighted by molar-refractivity contribution is 0.0361. The van der Waals surface area contributed by atoms with Gasteiger partial charge >= 0.3 is 0 Å². The number of ether oxygens (including phenoxy) is 2. The van der Waals surface area contributed by atoms with Crippen LogP contribution in [0.2, 0.25) is 0 Å². The summed E-state index contributed by atoms with van der Waals surface area (Å²) in [5.41, 5.74) is 1.79. The Labute approximate surface area is 183 Å². The highest BCUT2D eigenvalue weighted by Crippen LogP contribution is 2.43. The van der Waals surface area contributed by atoms with Crippen LogP contribution in [0, 0.1) is 5.92 Å². The van der Waals surface area contributed by atoms with Gasteiger partial charge in [0.1, 0.15) is 23.7 Å². The van der Waals surface area contributed by atoms with Gasteiger partial charge in [0.15, 0.2) is 0 Å². The van der Waals surface area contributed by atoms with Crippen molar-refractivity contribution >= 4 is 0 Å². The molecule has 0 amide bonds. The van der Waals surface area contributed by atoms with Crippen LogP contribution >= 0.6 is 0 Å². The second-order valence-corrected chi connectivity index (χ2v) is 7.71. The Hall–Kier alpha value is -3.37. The topological polar surface area (TPSA) is 51.6 Å². The predicted octanol–water partition coefficient (Wildman–Crippen LogP) is 5.23. The van der Waals surface area contributed by atoms with Crippen molar-refractivity contribution in [1.29, 1.82) is 0 Å². The van der Waals surface area contributed by atoms with Crippen LogP contribution in [0.4, 0.5) is 0 Å². The Morgan fingerprint density at radius 3 is 2.55 bits per heavy atom. The number of aryl methyl sites for hydroxylation is 1. The first-order chi connectivity index (χ1) is 15.2. The van der Waals surface area contributed by atoms with Crippen molar-refractivity contribution in [2.24, 2.45) is 5.92 Å². The molecule has 2 aromatic carbocycles. The first-order valence-corrected chi connectivity index (χ1v) is 10.5. The largest absolute Gasteiger partial charge is 0.497 e. The van der Waals surface area contributed by atoms with Crippen molar-refractivity contribution in [1.82, 2.24) is 4.98 Å². The maximum absolute atomic E-state index is 11.9. The van der Waals surface area contributed by atoms with E-state index in [2.05, 4.69) is 11.1 Å². The molecule has 0 saturated heterocycles. The van der Waals surface area contributed by atoms with Crippen LogP contribution in [0.5, 0.6) is 11.5 Å². The lowest BCUT2D eigenvalue weighted by Crippen LogP contribution is -2.34. The number of hydrogen-bond donors (Lipinski definition) is 1. The molecule has 0 spiro atoms. The fourth-order valence-corrected chi connectivity index (χ4v) is 3.96. The molecule has 0 fully saturated rings. The Morgan fingerprint density at radius 2 is 1.77 bits per heavy atom. The van der Waals surface area contributed by atoms with E-state index < -0.39 is 5.60 Å². The van der Waals surface area contributed by atoms with Gasteiger partial charge in [0.25, 0.3) is 0 Å². The molecule has 1 aliphatic rings. The highest BCUT2D eigenvalue weighted by molar-refractivity contribution is 5.48. The van der Waals surface area contributed by atoms with Crippen LogP contribution in [-0.2, 0) is 18.6 Å². The van der Waals surface area contributed by atoms with Gasteiger partial charge in [-0.05, 0) is 60.4 Å². The van der Waals surface area contributed by atoms with Gasteiger partial charge in [-0.3, -0.25) is 4.98 Å². The van der Waals surface area contributed by atoms with Crippen LogP contribution in [0.3, 0.4) is 0 Å². The minimum atomic E-state index is -1.19. The summed E-state index contributed by atoms with van der Waals surface area (Å²) in [6.07, 6.45) is 13.1. The number of methoxy groups -OCH3 is 1. The van der Waals surface area contributed by atoms with E-state index in [0.29, 0.717) is 23.7 Å². The summed E-state index contributed by atoms with van der Waals surface area (Å²) in [4.78, 5) is 4.09. The Bertz CT molecular complexity index is 1050. The van der Waals surface area contributed by atoms with Crippen LogP contribution in [-0.4, -0.2) is 17.2 Å². The SMILES string of the molecule is COc1ccc(OCc2ccccc2)c(C2(O)C=CC=CC2CCc2ccncc2)c1. The van der Waals surface area contributed by atoms with E-state index in [4.69, 9.17) is 9.47 Å². The van der Waals surface area contributed by atoms with E-state index in [-0.39, 0.29) is 5.92 Å². The Balaban J connectivity index is 1.62. The number of hydrogen-bond acceptors (Lipinski definition) is 4. The van der Waals surface area contributed by atoms with E-state index >= 15 is 0 Å². The van der Waals surface area contributed by atoms with Gasteiger partial charge in [-0.25, -0.2) is 0 Å². The molecule has 1 N–H and O–H groups in total. The van der Waals surface area contributed by atoms with Crippen molar-refractivity contribution in [3.05, 3.63) is 114 Å². The zero-order valence-corrected chi connectivity index (χ0v) is 17.6.